The van der Waals surface area contributed by atoms with Gasteiger partial charge in [0.2, 0.25) is 0 Å². The molecule has 0 saturated heterocycles. The summed E-state index contributed by atoms with van der Waals surface area (Å²) in [5.41, 5.74) is 0. The van der Waals surface area contributed by atoms with Crippen LogP contribution in [0, 0.1) is 11.8 Å². The zero-order chi connectivity index (χ0) is 18.7. The second kappa shape index (κ2) is 12.2. The number of Topliss-reactive ketones (excluding diaryl/α,β-unsaturated/α-hetero) is 2. The number of rotatable bonds is 12. The van der Waals surface area contributed by atoms with Crippen molar-refractivity contribution in [3.05, 3.63) is 24.3 Å². The molecule has 25 heavy (non-hydrogen) atoms. The van der Waals surface area contributed by atoms with Gasteiger partial charge in [-0.05, 0) is 32.6 Å². The van der Waals surface area contributed by atoms with Crippen molar-refractivity contribution in [1.82, 2.24) is 0 Å². The maximum absolute atomic E-state index is 12.1. The van der Waals surface area contributed by atoms with Crippen molar-refractivity contribution < 1.29 is 19.8 Å². The van der Waals surface area contributed by atoms with Gasteiger partial charge in [-0.25, -0.2) is 0 Å². The van der Waals surface area contributed by atoms with Crippen molar-refractivity contribution in [3.63, 3.8) is 0 Å². The molecule has 1 unspecified atom stereocenters. The summed E-state index contributed by atoms with van der Waals surface area (Å²) in [5.74, 6) is -0.130. The van der Waals surface area contributed by atoms with Crippen LogP contribution in [-0.2, 0) is 9.59 Å². The van der Waals surface area contributed by atoms with Gasteiger partial charge in [0.05, 0.1) is 12.2 Å². The summed E-state index contributed by atoms with van der Waals surface area (Å²) in [6.45, 7) is 3.72. The van der Waals surface area contributed by atoms with Crippen LogP contribution in [0.5, 0.6) is 0 Å². The molecule has 2 N–H and O–H groups in total. The zero-order valence-electron chi connectivity index (χ0n) is 15.7. The average Bonchev–Trinajstić information content (AvgIpc) is 2.82. The number of aliphatic hydroxyl groups is 2. The van der Waals surface area contributed by atoms with Crippen molar-refractivity contribution in [1.29, 1.82) is 0 Å². The first-order valence-electron chi connectivity index (χ1n) is 9.67. The summed E-state index contributed by atoms with van der Waals surface area (Å²) in [6, 6.07) is 0. The minimum Gasteiger partial charge on any atom is -0.392 e. The van der Waals surface area contributed by atoms with E-state index in [0.29, 0.717) is 12.8 Å². The fraction of sp³-hybridized carbons (Fsp3) is 0.714. The molecule has 0 heterocycles. The van der Waals surface area contributed by atoms with E-state index in [1.54, 1.807) is 13.0 Å². The fourth-order valence-electron chi connectivity index (χ4n) is 3.31. The summed E-state index contributed by atoms with van der Waals surface area (Å²) >= 11 is 0. The predicted molar refractivity (Wildman–Crippen MR) is 100 cm³/mol. The average molecular weight is 350 g/mol. The molecule has 1 aliphatic rings. The molecule has 4 heteroatoms. The van der Waals surface area contributed by atoms with E-state index in [9.17, 15) is 19.8 Å². The highest BCUT2D eigenvalue weighted by atomic mass is 16.3. The van der Waals surface area contributed by atoms with E-state index in [1.165, 1.54) is 0 Å². The Morgan fingerprint density at radius 3 is 2.72 bits per heavy atom. The molecule has 0 radical (unpaired) electrons. The predicted octanol–water partition coefficient (Wildman–Crippen LogP) is 3.76. The van der Waals surface area contributed by atoms with Gasteiger partial charge in [0, 0.05) is 24.7 Å². The molecule has 1 saturated carbocycles. The Morgan fingerprint density at radius 1 is 1.28 bits per heavy atom. The normalized spacial score (nSPS) is 25.3. The van der Waals surface area contributed by atoms with Gasteiger partial charge >= 0.3 is 0 Å². The molecule has 1 fully saturated rings. The van der Waals surface area contributed by atoms with Crippen LogP contribution in [0.3, 0.4) is 0 Å². The Hall–Kier alpha value is -1.26. The molecule has 4 nitrogen and oxygen atoms in total. The molecule has 0 amide bonds. The lowest BCUT2D eigenvalue weighted by molar-refractivity contribution is -0.121. The Morgan fingerprint density at radius 2 is 2.04 bits per heavy atom. The summed E-state index contributed by atoms with van der Waals surface area (Å²) in [6.07, 6.45) is 13.4. The highest BCUT2D eigenvalue weighted by Crippen LogP contribution is 2.33. The summed E-state index contributed by atoms with van der Waals surface area (Å²) in [4.78, 5) is 23.0. The van der Waals surface area contributed by atoms with E-state index in [-0.39, 0.29) is 29.8 Å². The van der Waals surface area contributed by atoms with Crippen LogP contribution in [0.25, 0.3) is 0 Å². The second-order valence-corrected chi connectivity index (χ2v) is 7.17. The number of hydrogen-bond acceptors (Lipinski definition) is 4. The highest BCUT2D eigenvalue weighted by Gasteiger charge is 2.39. The summed E-state index contributed by atoms with van der Waals surface area (Å²) in [7, 11) is 0. The van der Waals surface area contributed by atoms with E-state index in [0.717, 1.165) is 38.5 Å². The van der Waals surface area contributed by atoms with Crippen molar-refractivity contribution in [2.24, 2.45) is 11.8 Å². The number of ketones is 2. The van der Waals surface area contributed by atoms with Crippen molar-refractivity contribution in [2.75, 3.05) is 0 Å². The molecule has 1 aliphatic carbocycles. The molecule has 142 valence electrons. The lowest BCUT2D eigenvalue weighted by Gasteiger charge is -2.16. The fourth-order valence-corrected chi connectivity index (χ4v) is 3.31. The largest absolute Gasteiger partial charge is 0.392 e. The maximum Gasteiger partial charge on any atom is 0.139 e. The minimum absolute atomic E-state index is 0.0935. The monoisotopic (exact) mass is 350 g/mol. The zero-order valence-corrected chi connectivity index (χ0v) is 15.7. The number of carbonyl (C=O) groups is 2. The molecular formula is C21H34O4. The van der Waals surface area contributed by atoms with Gasteiger partial charge in [-0.3, -0.25) is 4.79 Å². The highest BCUT2D eigenvalue weighted by molar-refractivity contribution is 5.84. The lowest BCUT2D eigenvalue weighted by Crippen LogP contribution is -2.18. The number of aliphatic hydroxyl groups excluding tert-OH is 2. The van der Waals surface area contributed by atoms with E-state index < -0.39 is 12.2 Å². The Bertz CT molecular complexity index is 467. The molecule has 0 spiro atoms. The molecule has 0 aromatic rings. The smallest absolute Gasteiger partial charge is 0.139 e. The Balaban J connectivity index is 2.48. The lowest BCUT2D eigenvalue weighted by atomic mass is 9.90. The van der Waals surface area contributed by atoms with Crippen LogP contribution in [-0.4, -0.2) is 34.0 Å². The minimum atomic E-state index is -0.650. The third-order valence-corrected chi connectivity index (χ3v) is 4.85. The van der Waals surface area contributed by atoms with Crippen molar-refractivity contribution in [2.45, 2.75) is 83.8 Å². The Labute approximate surface area is 152 Å². The van der Waals surface area contributed by atoms with Crippen LogP contribution in [0.15, 0.2) is 24.3 Å². The van der Waals surface area contributed by atoms with Gasteiger partial charge in [-0.2, -0.15) is 0 Å². The Kier molecular flexibility index (Phi) is 10.6. The molecule has 0 aromatic heterocycles. The van der Waals surface area contributed by atoms with Gasteiger partial charge in [0.25, 0.3) is 0 Å². The van der Waals surface area contributed by atoms with E-state index in [4.69, 9.17) is 0 Å². The van der Waals surface area contributed by atoms with Crippen LogP contribution in [0.2, 0.25) is 0 Å². The van der Waals surface area contributed by atoms with Crippen molar-refractivity contribution in [3.8, 4) is 0 Å². The third kappa shape index (κ3) is 8.59. The number of carbonyl (C=O) groups excluding carboxylic acids is 2. The van der Waals surface area contributed by atoms with Crippen LogP contribution >= 0.6 is 0 Å². The standard InChI is InChI=1S/C21H34O4/c1-3-4-7-11-17(23)13-14-19-18(20(24)15-21(19)25)12-9-6-5-8-10-16(2)22/h6,9,13-14,17-19,21,23,25H,3-5,7-8,10-12,15H2,1-2H3/b9-6+,14-13+/t17?,18-,19-,21-/m1/s1. The van der Waals surface area contributed by atoms with E-state index in [1.807, 2.05) is 18.2 Å². The number of allylic oxidation sites excluding steroid dienone is 2. The van der Waals surface area contributed by atoms with Crippen molar-refractivity contribution >= 4 is 11.6 Å². The second-order valence-electron chi connectivity index (χ2n) is 7.17. The third-order valence-electron chi connectivity index (χ3n) is 4.85. The molecular weight excluding hydrogens is 316 g/mol. The van der Waals surface area contributed by atoms with Crippen LogP contribution in [0.4, 0.5) is 0 Å². The van der Waals surface area contributed by atoms with Crippen LogP contribution in [0.1, 0.15) is 71.6 Å². The number of unbranched alkanes of at least 4 members (excludes halogenated alkanes) is 3. The first-order chi connectivity index (χ1) is 12.0. The topological polar surface area (TPSA) is 74.6 Å². The summed E-state index contributed by atoms with van der Waals surface area (Å²) in [5, 5.41) is 20.1. The van der Waals surface area contributed by atoms with Gasteiger partial charge in [-0.1, -0.05) is 50.5 Å². The van der Waals surface area contributed by atoms with Gasteiger partial charge in [0.15, 0.2) is 0 Å². The molecule has 0 aromatic carbocycles. The molecule has 0 aliphatic heterocycles. The summed E-state index contributed by atoms with van der Waals surface area (Å²) < 4.78 is 0. The molecule has 4 atom stereocenters. The molecule has 1 rings (SSSR count). The van der Waals surface area contributed by atoms with E-state index >= 15 is 0 Å². The SMILES string of the molecule is CCCCCC(O)/C=C/[C@H]1[C@H](O)CC(=O)[C@@H]1C/C=C/CCCC(C)=O. The van der Waals surface area contributed by atoms with E-state index in [2.05, 4.69) is 6.92 Å². The van der Waals surface area contributed by atoms with Gasteiger partial charge < -0.3 is 15.0 Å². The quantitative estimate of drug-likeness (QED) is 0.415. The van der Waals surface area contributed by atoms with Crippen LogP contribution < -0.4 is 0 Å². The van der Waals surface area contributed by atoms with Gasteiger partial charge in [-0.15, -0.1) is 0 Å². The number of hydrogen-bond donors (Lipinski definition) is 2. The molecule has 0 bridgehead atoms. The van der Waals surface area contributed by atoms with Gasteiger partial charge in [0.1, 0.15) is 11.6 Å². The first kappa shape index (κ1) is 21.8. The first-order valence-corrected chi connectivity index (χ1v) is 9.67. The maximum atomic E-state index is 12.1.